The SMILES string of the molecule is COc1cc(-c2cc(F)cc(C(C)C)c2CC(=O)NS(=O)(=O)C[C@@]23CCC(CC2=O)C(C)(C)C3)ccn1. The molecule has 2 aromatic rings. The van der Waals surface area contributed by atoms with Gasteiger partial charge in [0.15, 0.2) is 0 Å². The maximum Gasteiger partial charge on any atom is 0.237 e. The van der Waals surface area contributed by atoms with Gasteiger partial charge in [-0.3, -0.25) is 14.3 Å². The summed E-state index contributed by atoms with van der Waals surface area (Å²) in [6, 6.07) is 6.04. The minimum Gasteiger partial charge on any atom is -0.481 e. The average Bonchev–Trinajstić information content (AvgIpc) is 2.79. The molecular formula is C28H35FN2O5S. The molecule has 1 unspecified atom stereocenters. The van der Waals surface area contributed by atoms with Crippen molar-refractivity contribution < 1.29 is 27.1 Å². The van der Waals surface area contributed by atoms with Gasteiger partial charge in [0.2, 0.25) is 21.8 Å². The van der Waals surface area contributed by atoms with Crippen molar-refractivity contribution in [3.05, 3.63) is 47.4 Å². The molecule has 0 spiro atoms. The van der Waals surface area contributed by atoms with Crippen LogP contribution in [0.25, 0.3) is 11.1 Å². The number of fused-ring (bicyclic) bond motifs is 3. The number of nitrogens with zero attached hydrogens (tertiary/aromatic N) is 1. The number of methoxy groups -OCH3 is 1. The summed E-state index contributed by atoms with van der Waals surface area (Å²) in [4.78, 5) is 30.1. The molecule has 2 bridgehead atoms. The maximum atomic E-state index is 14.6. The number of ketones is 1. The molecule has 0 aliphatic heterocycles. The molecule has 3 fully saturated rings. The summed E-state index contributed by atoms with van der Waals surface area (Å²) in [6.07, 6.45) is 3.50. The number of nitrogens with one attached hydrogen (secondary N) is 1. The number of pyridine rings is 1. The van der Waals surface area contributed by atoms with Crippen molar-refractivity contribution in [2.75, 3.05) is 12.9 Å². The molecule has 9 heteroatoms. The Kier molecular flexibility index (Phi) is 7.22. The number of sulfonamides is 1. The first-order valence-electron chi connectivity index (χ1n) is 12.6. The van der Waals surface area contributed by atoms with Crippen LogP contribution in [0.4, 0.5) is 4.39 Å². The number of benzene rings is 1. The van der Waals surface area contributed by atoms with Gasteiger partial charge in [0.1, 0.15) is 11.6 Å². The number of Topliss-reactive ketones (excluding diaryl/α,β-unsaturated/α-hetero) is 1. The van der Waals surface area contributed by atoms with Crippen molar-refractivity contribution in [2.45, 2.75) is 65.7 Å². The molecule has 1 heterocycles. The van der Waals surface area contributed by atoms with E-state index >= 15 is 0 Å². The van der Waals surface area contributed by atoms with Crippen LogP contribution in [0, 0.1) is 22.6 Å². The Morgan fingerprint density at radius 3 is 2.62 bits per heavy atom. The van der Waals surface area contributed by atoms with E-state index in [1.807, 2.05) is 13.8 Å². The lowest BCUT2D eigenvalue weighted by atomic mass is 9.51. The molecule has 3 aliphatic rings. The van der Waals surface area contributed by atoms with E-state index in [0.717, 1.165) is 6.42 Å². The largest absolute Gasteiger partial charge is 0.481 e. The van der Waals surface area contributed by atoms with E-state index < -0.39 is 32.9 Å². The second kappa shape index (κ2) is 9.82. The first-order valence-corrected chi connectivity index (χ1v) is 14.3. The predicted octanol–water partition coefficient (Wildman–Crippen LogP) is 4.79. The van der Waals surface area contributed by atoms with Gasteiger partial charge in [-0.05, 0) is 77.0 Å². The van der Waals surface area contributed by atoms with Gasteiger partial charge in [0, 0.05) is 24.1 Å². The number of halogens is 1. The fourth-order valence-electron chi connectivity index (χ4n) is 6.29. The minimum atomic E-state index is -4.08. The van der Waals surface area contributed by atoms with Crippen LogP contribution < -0.4 is 9.46 Å². The Hall–Kier alpha value is -2.81. The summed E-state index contributed by atoms with van der Waals surface area (Å²) in [5.41, 5.74) is 1.14. The quantitative estimate of drug-likeness (QED) is 0.526. The van der Waals surface area contributed by atoms with Crippen molar-refractivity contribution in [1.29, 1.82) is 0 Å². The number of ether oxygens (including phenoxy) is 1. The molecule has 3 aliphatic carbocycles. The lowest BCUT2D eigenvalue weighted by Gasteiger charge is -2.53. The first kappa shape index (κ1) is 27.2. The third-order valence-electron chi connectivity index (χ3n) is 8.09. The third kappa shape index (κ3) is 5.56. The van der Waals surface area contributed by atoms with Gasteiger partial charge >= 0.3 is 0 Å². The van der Waals surface area contributed by atoms with Crippen LogP contribution in [0.3, 0.4) is 0 Å². The van der Waals surface area contributed by atoms with Crippen LogP contribution in [-0.4, -0.2) is 38.0 Å². The van der Waals surface area contributed by atoms with Gasteiger partial charge in [-0.2, -0.15) is 0 Å². The Morgan fingerprint density at radius 2 is 2.00 bits per heavy atom. The fourth-order valence-corrected chi connectivity index (χ4v) is 7.92. The maximum absolute atomic E-state index is 14.6. The Bertz CT molecular complexity index is 1340. The summed E-state index contributed by atoms with van der Waals surface area (Å²) < 4.78 is 48.4. The summed E-state index contributed by atoms with van der Waals surface area (Å²) in [7, 11) is -2.61. The number of hydrogen-bond acceptors (Lipinski definition) is 6. The second-order valence-electron chi connectivity index (χ2n) is 11.5. The second-order valence-corrected chi connectivity index (χ2v) is 13.3. The molecule has 2 atom stereocenters. The minimum absolute atomic E-state index is 0.0181. The molecule has 200 valence electrons. The van der Waals surface area contributed by atoms with E-state index in [-0.39, 0.29) is 29.5 Å². The molecule has 37 heavy (non-hydrogen) atoms. The standard InChI is InChI=1S/C28H35FN2O5S/c1-17(2)21-12-20(29)13-22(18-7-9-30-26(10-18)36-5)23(21)14-25(33)31-37(34,35)16-28-8-6-19(11-24(28)32)27(3,4)15-28/h7,9-10,12-13,17,19H,6,8,11,14-16H2,1-5H3,(H,31,33)/t19?,28-/m0/s1. The zero-order valence-electron chi connectivity index (χ0n) is 22.1. The summed E-state index contributed by atoms with van der Waals surface area (Å²) in [5, 5.41) is 0. The van der Waals surface area contributed by atoms with E-state index in [1.54, 1.807) is 12.1 Å². The van der Waals surface area contributed by atoms with Gasteiger partial charge in [-0.1, -0.05) is 27.7 Å². The predicted molar refractivity (Wildman–Crippen MR) is 139 cm³/mol. The molecule has 0 radical (unpaired) electrons. The van der Waals surface area contributed by atoms with Crippen LogP contribution in [0.5, 0.6) is 5.88 Å². The van der Waals surface area contributed by atoms with E-state index in [1.165, 1.54) is 25.4 Å². The monoisotopic (exact) mass is 530 g/mol. The Balaban J connectivity index is 1.62. The highest BCUT2D eigenvalue weighted by molar-refractivity contribution is 7.90. The number of carbonyl (C=O) groups is 2. The number of rotatable bonds is 8. The average molecular weight is 531 g/mol. The van der Waals surface area contributed by atoms with Crippen molar-refractivity contribution in [3.8, 4) is 17.0 Å². The molecule has 1 N–H and O–H groups in total. The van der Waals surface area contributed by atoms with E-state index in [9.17, 15) is 22.4 Å². The van der Waals surface area contributed by atoms with Gasteiger partial charge in [0.05, 0.1) is 19.3 Å². The topological polar surface area (TPSA) is 102 Å². The van der Waals surface area contributed by atoms with Gasteiger partial charge in [-0.25, -0.2) is 17.8 Å². The Labute approximate surface area is 218 Å². The molecule has 1 amide bonds. The van der Waals surface area contributed by atoms with Crippen LogP contribution in [0.1, 0.15) is 70.4 Å². The fraction of sp³-hybridized carbons (Fsp3) is 0.536. The highest BCUT2D eigenvalue weighted by atomic mass is 32.2. The summed E-state index contributed by atoms with van der Waals surface area (Å²) in [5.74, 6) is -1.10. The van der Waals surface area contributed by atoms with Crippen molar-refractivity contribution in [1.82, 2.24) is 9.71 Å². The van der Waals surface area contributed by atoms with Crippen LogP contribution in [0.15, 0.2) is 30.5 Å². The lowest BCUT2D eigenvalue weighted by Crippen LogP contribution is -2.55. The van der Waals surface area contributed by atoms with E-state index in [0.29, 0.717) is 47.4 Å². The van der Waals surface area contributed by atoms with Gasteiger partial charge in [-0.15, -0.1) is 0 Å². The molecule has 1 aromatic heterocycles. The van der Waals surface area contributed by atoms with Crippen molar-refractivity contribution >= 4 is 21.7 Å². The molecular weight excluding hydrogens is 495 g/mol. The molecule has 1 aromatic carbocycles. The Morgan fingerprint density at radius 1 is 1.27 bits per heavy atom. The molecule has 3 saturated carbocycles. The number of aromatic nitrogens is 1. The lowest BCUT2D eigenvalue weighted by molar-refractivity contribution is -0.144. The van der Waals surface area contributed by atoms with E-state index in [4.69, 9.17) is 4.74 Å². The normalized spacial score (nSPS) is 22.8. The third-order valence-corrected chi connectivity index (χ3v) is 9.56. The molecule has 5 rings (SSSR count). The molecule has 0 saturated heterocycles. The van der Waals surface area contributed by atoms with Crippen LogP contribution >= 0.6 is 0 Å². The van der Waals surface area contributed by atoms with Crippen molar-refractivity contribution in [3.63, 3.8) is 0 Å². The number of amides is 1. The zero-order chi connectivity index (χ0) is 27.2. The highest BCUT2D eigenvalue weighted by Gasteiger charge is 2.56. The first-order chi connectivity index (χ1) is 17.2. The van der Waals surface area contributed by atoms with Crippen molar-refractivity contribution in [2.24, 2.45) is 16.7 Å². The number of hydrogen-bond donors (Lipinski definition) is 1. The van der Waals surface area contributed by atoms with Crippen LogP contribution in [-0.2, 0) is 26.0 Å². The highest BCUT2D eigenvalue weighted by Crippen LogP contribution is 2.57. The number of carbonyl (C=O) groups excluding carboxylic acids is 2. The van der Waals surface area contributed by atoms with Gasteiger partial charge in [0.25, 0.3) is 0 Å². The summed E-state index contributed by atoms with van der Waals surface area (Å²) >= 11 is 0. The van der Waals surface area contributed by atoms with E-state index in [2.05, 4.69) is 23.6 Å². The zero-order valence-corrected chi connectivity index (χ0v) is 22.9. The smallest absolute Gasteiger partial charge is 0.237 e. The van der Waals surface area contributed by atoms with Gasteiger partial charge < -0.3 is 4.74 Å². The molecule has 7 nitrogen and oxygen atoms in total. The summed E-state index contributed by atoms with van der Waals surface area (Å²) in [6.45, 7) is 7.94. The van der Waals surface area contributed by atoms with Crippen LogP contribution in [0.2, 0.25) is 0 Å².